The van der Waals surface area contributed by atoms with Crippen molar-refractivity contribution in [2.24, 2.45) is 0 Å². The standard InChI is InChI=1S/C11H22N2O3/c1-2-10(11(15)16)13(6-7-14)8-9-4-3-5-12-9/h9-10,12,14H,2-8H2,1H3,(H,15,16). The third-order valence-corrected chi connectivity index (χ3v) is 3.12. The lowest BCUT2D eigenvalue weighted by Crippen LogP contribution is -2.47. The smallest absolute Gasteiger partial charge is 0.320 e. The average molecular weight is 230 g/mol. The van der Waals surface area contributed by atoms with Gasteiger partial charge in [-0.15, -0.1) is 0 Å². The highest BCUT2D eigenvalue weighted by Gasteiger charge is 2.26. The molecule has 0 amide bonds. The van der Waals surface area contributed by atoms with Gasteiger partial charge >= 0.3 is 5.97 Å². The van der Waals surface area contributed by atoms with Gasteiger partial charge in [-0.05, 0) is 25.8 Å². The molecule has 1 fully saturated rings. The van der Waals surface area contributed by atoms with Crippen LogP contribution in [0, 0.1) is 0 Å². The first-order valence-electron chi connectivity index (χ1n) is 6.00. The van der Waals surface area contributed by atoms with Crippen molar-refractivity contribution in [3.05, 3.63) is 0 Å². The van der Waals surface area contributed by atoms with E-state index >= 15 is 0 Å². The molecule has 5 nitrogen and oxygen atoms in total. The third kappa shape index (κ3) is 3.73. The lowest BCUT2D eigenvalue weighted by atomic mass is 10.1. The predicted molar refractivity (Wildman–Crippen MR) is 61.4 cm³/mol. The van der Waals surface area contributed by atoms with E-state index in [9.17, 15) is 4.79 Å². The molecule has 94 valence electrons. The van der Waals surface area contributed by atoms with Crippen LogP contribution < -0.4 is 5.32 Å². The quantitative estimate of drug-likeness (QED) is 0.569. The molecular weight excluding hydrogens is 208 g/mol. The molecule has 0 aromatic carbocycles. The average Bonchev–Trinajstić information content (AvgIpc) is 2.71. The van der Waals surface area contributed by atoms with Crippen molar-refractivity contribution >= 4 is 5.97 Å². The van der Waals surface area contributed by atoms with Gasteiger partial charge in [-0.3, -0.25) is 9.69 Å². The summed E-state index contributed by atoms with van der Waals surface area (Å²) < 4.78 is 0. The first-order valence-corrected chi connectivity index (χ1v) is 6.00. The molecule has 0 radical (unpaired) electrons. The van der Waals surface area contributed by atoms with E-state index in [1.165, 1.54) is 0 Å². The van der Waals surface area contributed by atoms with Crippen LogP contribution in [0.1, 0.15) is 26.2 Å². The molecule has 0 aromatic heterocycles. The minimum Gasteiger partial charge on any atom is -0.480 e. The van der Waals surface area contributed by atoms with E-state index in [-0.39, 0.29) is 6.61 Å². The molecule has 0 spiro atoms. The second kappa shape index (κ2) is 6.83. The van der Waals surface area contributed by atoms with Gasteiger partial charge in [-0.2, -0.15) is 0 Å². The van der Waals surface area contributed by atoms with Crippen molar-refractivity contribution < 1.29 is 15.0 Å². The van der Waals surface area contributed by atoms with Crippen LogP contribution in [0.5, 0.6) is 0 Å². The van der Waals surface area contributed by atoms with E-state index in [2.05, 4.69) is 5.32 Å². The molecule has 0 saturated carbocycles. The molecule has 3 N–H and O–H groups in total. The van der Waals surface area contributed by atoms with Crippen molar-refractivity contribution in [2.45, 2.75) is 38.3 Å². The Hall–Kier alpha value is -0.650. The summed E-state index contributed by atoms with van der Waals surface area (Å²) in [6, 6.07) is -0.102. The number of rotatable bonds is 7. The Labute approximate surface area is 96.4 Å². The Morgan fingerprint density at radius 1 is 1.62 bits per heavy atom. The maximum Gasteiger partial charge on any atom is 0.320 e. The second-order valence-corrected chi connectivity index (χ2v) is 4.27. The number of aliphatic hydroxyl groups is 1. The van der Waals surface area contributed by atoms with Gasteiger partial charge in [0.25, 0.3) is 0 Å². The minimum absolute atomic E-state index is 0.0104. The summed E-state index contributed by atoms with van der Waals surface area (Å²) in [5, 5.41) is 21.4. The molecule has 1 aliphatic heterocycles. The van der Waals surface area contributed by atoms with E-state index in [1.807, 2.05) is 11.8 Å². The van der Waals surface area contributed by atoms with Crippen molar-refractivity contribution in [1.82, 2.24) is 10.2 Å². The molecule has 2 unspecified atom stereocenters. The van der Waals surface area contributed by atoms with Gasteiger partial charge in [0.15, 0.2) is 0 Å². The van der Waals surface area contributed by atoms with Gasteiger partial charge in [0, 0.05) is 19.1 Å². The molecular formula is C11H22N2O3. The van der Waals surface area contributed by atoms with Crippen LogP contribution >= 0.6 is 0 Å². The first kappa shape index (κ1) is 13.4. The molecule has 0 bridgehead atoms. The highest BCUT2D eigenvalue weighted by atomic mass is 16.4. The van der Waals surface area contributed by atoms with E-state index < -0.39 is 12.0 Å². The number of nitrogens with one attached hydrogen (secondary N) is 1. The minimum atomic E-state index is -0.797. The number of carbonyl (C=O) groups is 1. The topological polar surface area (TPSA) is 72.8 Å². The van der Waals surface area contributed by atoms with E-state index in [4.69, 9.17) is 10.2 Å². The fourth-order valence-electron chi connectivity index (χ4n) is 2.29. The van der Waals surface area contributed by atoms with E-state index in [0.717, 1.165) is 19.4 Å². The number of hydrogen-bond acceptors (Lipinski definition) is 4. The largest absolute Gasteiger partial charge is 0.480 e. The number of hydrogen-bond donors (Lipinski definition) is 3. The highest BCUT2D eigenvalue weighted by molar-refractivity contribution is 5.73. The molecule has 0 aliphatic carbocycles. The monoisotopic (exact) mass is 230 g/mol. The summed E-state index contributed by atoms with van der Waals surface area (Å²) in [5.41, 5.74) is 0. The van der Waals surface area contributed by atoms with E-state index in [0.29, 0.717) is 25.6 Å². The molecule has 2 atom stereocenters. The Morgan fingerprint density at radius 2 is 2.38 bits per heavy atom. The van der Waals surface area contributed by atoms with Gasteiger partial charge < -0.3 is 15.5 Å². The Morgan fingerprint density at radius 3 is 2.81 bits per heavy atom. The number of carboxylic acids is 1. The summed E-state index contributed by atoms with van der Waals surface area (Å²) in [5.74, 6) is -0.797. The van der Waals surface area contributed by atoms with Crippen molar-refractivity contribution in [3.63, 3.8) is 0 Å². The zero-order valence-corrected chi connectivity index (χ0v) is 9.85. The number of aliphatic hydroxyl groups excluding tert-OH is 1. The molecule has 0 aromatic rings. The van der Waals surface area contributed by atoms with Crippen LogP contribution in [0.3, 0.4) is 0 Å². The molecule has 1 aliphatic rings. The summed E-state index contributed by atoms with van der Waals surface area (Å²) in [6.45, 7) is 4.04. The Kier molecular flexibility index (Phi) is 5.73. The van der Waals surface area contributed by atoms with Crippen molar-refractivity contribution in [1.29, 1.82) is 0 Å². The highest BCUT2D eigenvalue weighted by Crippen LogP contribution is 2.11. The first-order chi connectivity index (χ1) is 7.69. The third-order valence-electron chi connectivity index (χ3n) is 3.12. The van der Waals surface area contributed by atoms with Crippen LogP contribution in [-0.4, -0.2) is 59.4 Å². The van der Waals surface area contributed by atoms with Crippen LogP contribution in [0.2, 0.25) is 0 Å². The second-order valence-electron chi connectivity index (χ2n) is 4.27. The Balaban J connectivity index is 2.53. The maximum atomic E-state index is 11.1. The zero-order chi connectivity index (χ0) is 12.0. The lowest BCUT2D eigenvalue weighted by molar-refractivity contribution is -0.143. The van der Waals surface area contributed by atoms with E-state index in [1.54, 1.807) is 0 Å². The molecule has 5 heteroatoms. The van der Waals surface area contributed by atoms with Gasteiger partial charge in [-0.25, -0.2) is 0 Å². The van der Waals surface area contributed by atoms with Gasteiger partial charge in [0.05, 0.1) is 6.61 Å². The predicted octanol–water partition coefficient (Wildman–Crippen LogP) is -0.104. The fourth-order valence-corrected chi connectivity index (χ4v) is 2.29. The molecule has 1 rings (SSSR count). The summed E-state index contributed by atoms with van der Waals surface area (Å²) in [7, 11) is 0. The number of aliphatic carboxylic acids is 1. The van der Waals surface area contributed by atoms with Crippen molar-refractivity contribution in [3.8, 4) is 0 Å². The summed E-state index contributed by atoms with van der Waals surface area (Å²) in [6.07, 6.45) is 2.82. The van der Waals surface area contributed by atoms with Crippen molar-refractivity contribution in [2.75, 3.05) is 26.2 Å². The fraction of sp³-hybridized carbons (Fsp3) is 0.909. The van der Waals surface area contributed by atoms with Crippen LogP contribution in [0.4, 0.5) is 0 Å². The van der Waals surface area contributed by atoms with Gasteiger partial charge in [-0.1, -0.05) is 6.92 Å². The molecule has 1 saturated heterocycles. The maximum absolute atomic E-state index is 11.1. The van der Waals surface area contributed by atoms with Gasteiger partial charge in [0.2, 0.25) is 0 Å². The molecule has 16 heavy (non-hydrogen) atoms. The SMILES string of the molecule is CCC(C(=O)O)N(CCO)CC1CCCN1. The summed E-state index contributed by atoms with van der Waals surface area (Å²) in [4.78, 5) is 12.9. The zero-order valence-electron chi connectivity index (χ0n) is 9.85. The van der Waals surface area contributed by atoms with Crippen LogP contribution in [0.15, 0.2) is 0 Å². The number of nitrogens with zero attached hydrogens (tertiary/aromatic N) is 1. The van der Waals surface area contributed by atoms with Gasteiger partial charge in [0.1, 0.15) is 6.04 Å². The van der Waals surface area contributed by atoms with Crippen LogP contribution in [0.25, 0.3) is 0 Å². The Bertz CT molecular complexity index is 217. The molecule has 1 heterocycles. The summed E-state index contributed by atoms with van der Waals surface area (Å²) >= 11 is 0. The lowest BCUT2D eigenvalue weighted by Gasteiger charge is -2.29. The normalized spacial score (nSPS) is 22.6. The number of carboxylic acid groups (broad SMARTS) is 1. The van der Waals surface area contributed by atoms with Crippen LogP contribution in [-0.2, 0) is 4.79 Å².